The Hall–Kier alpha value is -3.34. The molecule has 11 heteroatoms. The molecule has 8 nitrogen and oxygen atoms in total. The van der Waals surface area contributed by atoms with Gasteiger partial charge in [-0.2, -0.15) is 0 Å². The monoisotopic (exact) mass is 451 g/mol. The van der Waals surface area contributed by atoms with Gasteiger partial charge in [-0.1, -0.05) is 6.92 Å². The van der Waals surface area contributed by atoms with Gasteiger partial charge in [-0.15, -0.1) is 0 Å². The van der Waals surface area contributed by atoms with Gasteiger partial charge in [0.05, 0.1) is 17.3 Å². The summed E-state index contributed by atoms with van der Waals surface area (Å²) in [6, 6.07) is 0.899. The summed E-state index contributed by atoms with van der Waals surface area (Å²) < 4.78 is 42.3. The quantitative estimate of drug-likeness (QED) is 0.653. The summed E-state index contributed by atoms with van der Waals surface area (Å²) in [6.45, 7) is 1.29. The number of amides is 2. The minimum absolute atomic E-state index is 0.0957. The summed E-state index contributed by atoms with van der Waals surface area (Å²) in [5.74, 6) is -6.26. The van der Waals surface area contributed by atoms with Crippen molar-refractivity contribution in [2.45, 2.75) is 38.0 Å². The first kappa shape index (κ1) is 21.9. The van der Waals surface area contributed by atoms with Crippen molar-refractivity contribution in [1.29, 1.82) is 0 Å². The predicted octanol–water partition coefficient (Wildman–Crippen LogP) is 1.53. The molecule has 0 radical (unpaired) electrons. The molecule has 170 valence electrons. The molecule has 2 aromatic rings. The van der Waals surface area contributed by atoms with Gasteiger partial charge in [-0.3, -0.25) is 14.4 Å². The average molecular weight is 451 g/mol. The first-order valence-electron chi connectivity index (χ1n) is 9.90. The van der Waals surface area contributed by atoms with Crippen LogP contribution >= 0.6 is 0 Å². The number of nitrogens with one attached hydrogen (secondary N) is 1. The number of halogens is 3. The number of likely N-dealkylation sites (N-methyl/N-ethyl adjacent to an activating group) is 1. The number of aliphatic hydroxyl groups excluding tert-OH is 1. The summed E-state index contributed by atoms with van der Waals surface area (Å²) in [4.78, 5) is 39.8. The second-order valence-corrected chi connectivity index (χ2v) is 8.11. The number of rotatable bonds is 4. The molecular formula is C21H20F3N3O5. The summed E-state index contributed by atoms with van der Waals surface area (Å²) in [5.41, 5.74) is -3.72. The van der Waals surface area contributed by atoms with Gasteiger partial charge in [-0.25, -0.2) is 13.2 Å². The summed E-state index contributed by atoms with van der Waals surface area (Å²) in [6.07, 6.45) is -0.767. The minimum atomic E-state index is -1.29. The Kier molecular flexibility index (Phi) is 5.04. The number of hydrogen-bond acceptors (Lipinski definition) is 5. The predicted molar refractivity (Wildman–Crippen MR) is 105 cm³/mol. The van der Waals surface area contributed by atoms with Gasteiger partial charge >= 0.3 is 0 Å². The first-order valence-corrected chi connectivity index (χ1v) is 9.90. The molecule has 2 atom stereocenters. The molecule has 32 heavy (non-hydrogen) atoms. The van der Waals surface area contributed by atoms with Crippen molar-refractivity contribution in [3.63, 3.8) is 0 Å². The fourth-order valence-electron chi connectivity index (χ4n) is 4.69. The zero-order valence-corrected chi connectivity index (χ0v) is 17.2. The Bertz CT molecular complexity index is 1210. The van der Waals surface area contributed by atoms with Crippen LogP contribution in [0.2, 0.25) is 0 Å². The van der Waals surface area contributed by atoms with Crippen LogP contribution in [0.4, 0.5) is 13.2 Å². The van der Waals surface area contributed by atoms with Crippen LogP contribution in [0.1, 0.15) is 58.0 Å². The summed E-state index contributed by atoms with van der Waals surface area (Å²) in [7, 11) is 1.50. The minimum Gasteiger partial charge on any atom is -0.503 e. The van der Waals surface area contributed by atoms with Crippen molar-refractivity contribution in [2.75, 3.05) is 13.6 Å². The normalized spacial score (nSPS) is 21.6. The number of aliphatic hydroxyl groups is 1. The third-order valence-corrected chi connectivity index (χ3v) is 6.25. The fraction of sp³-hybridized carbons (Fsp3) is 0.381. The number of carbonyl (C=O) groups excluding carboxylic acids is 2. The zero-order valence-electron chi connectivity index (χ0n) is 17.2. The van der Waals surface area contributed by atoms with Crippen LogP contribution in [-0.4, -0.2) is 45.1 Å². The lowest BCUT2D eigenvalue weighted by molar-refractivity contribution is 0.0568. The van der Waals surface area contributed by atoms with E-state index in [0.29, 0.717) is 18.6 Å². The lowest BCUT2D eigenvalue weighted by atomic mass is 9.89. The molecule has 3 N–H and O–H groups in total. The van der Waals surface area contributed by atoms with Gasteiger partial charge in [0, 0.05) is 44.3 Å². The number of nitrogens with zero attached hydrogens (tertiary/aromatic N) is 2. The number of carbonyl (C=O) groups is 2. The standard InChI is InChI=1S/C21H20F3N3O5/c1-3-21-6-13(28)15-14(17(29)18(30)16(27(15)21)20(32)26(2)8-21)19(31)25-7-10-11(23)4-9(22)5-12(10)24/h4-5,13,28,30H,3,6-8H2,1-2H3,(H,25,31). The molecule has 0 saturated heterocycles. The molecule has 0 spiro atoms. The maximum atomic E-state index is 13.9. The second kappa shape index (κ2) is 7.37. The van der Waals surface area contributed by atoms with Gasteiger partial charge in [0.2, 0.25) is 5.43 Å². The highest BCUT2D eigenvalue weighted by Crippen LogP contribution is 2.47. The largest absolute Gasteiger partial charge is 0.503 e. The van der Waals surface area contributed by atoms with Crippen LogP contribution in [0.5, 0.6) is 5.75 Å². The van der Waals surface area contributed by atoms with E-state index in [-0.39, 0.29) is 24.4 Å². The molecule has 2 aliphatic rings. The van der Waals surface area contributed by atoms with Gasteiger partial charge in [-0.05, 0) is 6.42 Å². The highest BCUT2D eigenvalue weighted by atomic mass is 19.1. The molecule has 0 fully saturated rings. The van der Waals surface area contributed by atoms with E-state index in [0.717, 1.165) is 0 Å². The van der Waals surface area contributed by atoms with Gasteiger partial charge in [0.1, 0.15) is 23.0 Å². The Morgan fingerprint density at radius 2 is 1.88 bits per heavy atom. The maximum Gasteiger partial charge on any atom is 0.274 e. The SMILES string of the molecule is CCC12CC(O)c3c(C(=O)NCc4c(F)cc(F)cc4F)c(=O)c(O)c(n31)C(=O)N(C)C2. The molecule has 1 aromatic heterocycles. The first-order chi connectivity index (χ1) is 15.0. The fourth-order valence-corrected chi connectivity index (χ4v) is 4.69. The molecule has 1 aromatic carbocycles. The van der Waals surface area contributed by atoms with Crippen LogP contribution in [0.15, 0.2) is 16.9 Å². The Morgan fingerprint density at radius 3 is 2.47 bits per heavy atom. The highest BCUT2D eigenvalue weighted by Gasteiger charge is 2.51. The number of hydrogen-bond donors (Lipinski definition) is 3. The van der Waals surface area contributed by atoms with Gasteiger partial charge in [0.15, 0.2) is 11.4 Å². The Morgan fingerprint density at radius 1 is 1.25 bits per heavy atom. The summed E-state index contributed by atoms with van der Waals surface area (Å²) >= 11 is 0. The number of aromatic hydroxyl groups is 1. The average Bonchev–Trinajstić information content (AvgIpc) is 2.99. The number of pyridine rings is 1. The Balaban J connectivity index is 1.82. The van der Waals surface area contributed by atoms with Crippen LogP contribution < -0.4 is 10.7 Å². The lowest BCUT2D eigenvalue weighted by Crippen LogP contribution is -2.52. The third kappa shape index (κ3) is 2.99. The molecule has 0 aliphatic carbocycles. The van der Waals surface area contributed by atoms with Crippen LogP contribution in [0, 0.1) is 17.5 Å². The van der Waals surface area contributed by atoms with Crippen molar-refractivity contribution in [2.24, 2.45) is 0 Å². The third-order valence-electron chi connectivity index (χ3n) is 6.25. The molecule has 2 amide bonds. The Labute approximate surface area is 179 Å². The highest BCUT2D eigenvalue weighted by molar-refractivity contribution is 6.00. The molecular weight excluding hydrogens is 431 g/mol. The molecule has 2 unspecified atom stereocenters. The van der Waals surface area contributed by atoms with E-state index in [2.05, 4.69) is 5.32 Å². The van der Waals surface area contributed by atoms with E-state index in [9.17, 15) is 37.8 Å². The molecule has 3 heterocycles. The van der Waals surface area contributed by atoms with E-state index in [1.165, 1.54) is 16.5 Å². The van der Waals surface area contributed by atoms with Gasteiger partial charge in [0.25, 0.3) is 11.8 Å². The summed E-state index contributed by atoms with van der Waals surface area (Å²) in [5, 5.41) is 23.5. The van der Waals surface area contributed by atoms with Crippen molar-refractivity contribution in [3.8, 4) is 5.75 Å². The van der Waals surface area contributed by atoms with Crippen LogP contribution in [-0.2, 0) is 12.1 Å². The number of benzene rings is 1. The maximum absolute atomic E-state index is 13.9. The smallest absolute Gasteiger partial charge is 0.274 e. The lowest BCUT2D eigenvalue weighted by Gasteiger charge is -2.41. The van der Waals surface area contributed by atoms with Gasteiger partial charge < -0.3 is 25.0 Å². The molecule has 0 saturated carbocycles. The van der Waals surface area contributed by atoms with E-state index in [4.69, 9.17) is 0 Å². The second-order valence-electron chi connectivity index (χ2n) is 8.11. The van der Waals surface area contributed by atoms with Crippen LogP contribution in [0.3, 0.4) is 0 Å². The molecule has 2 aliphatic heterocycles. The number of aromatic nitrogens is 1. The van der Waals surface area contributed by atoms with Crippen molar-refractivity contribution >= 4 is 11.8 Å². The van der Waals surface area contributed by atoms with Crippen molar-refractivity contribution < 1.29 is 33.0 Å². The van der Waals surface area contributed by atoms with E-state index >= 15 is 0 Å². The van der Waals surface area contributed by atoms with Crippen molar-refractivity contribution in [1.82, 2.24) is 14.8 Å². The van der Waals surface area contributed by atoms with E-state index in [1.807, 2.05) is 6.92 Å². The van der Waals surface area contributed by atoms with Crippen molar-refractivity contribution in [3.05, 3.63) is 62.3 Å². The topological polar surface area (TPSA) is 112 Å². The van der Waals surface area contributed by atoms with Crippen LogP contribution in [0.25, 0.3) is 0 Å². The van der Waals surface area contributed by atoms with E-state index < -0.39 is 69.8 Å². The zero-order chi connectivity index (χ0) is 23.5. The van der Waals surface area contributed by atoms with E-state index in [1.54, 1.807) is 0 Å². The molecule has 4 rings (SSSR count). The molecule has 0 bridgehead atoms.